The summed E-state index contributed by atoms with van der Waals surface area (Å²) < 4.78 is 5.49. The van der Waals surface area contributed by atoms with Gasteiger partial charge in [-0.1, -0.05) is 0 Å². The van der Waals surface area contributed by atoms with E-state index in [-0.39, 0.29) is 18.2 Å². The largest absolute Gasteiger partial charge is 0.483 e. The third-order valence-corrected chi connectivity index (χ3v) is 3.26. The molecule has 1 aromatic rings. The minimum Gasteiger partial charge on any atom is -0.483 e. The zero-order valence-electron chi connectivity index (χ0n) is 12.2. The summed E-state index contributed by atoms with van der Waals surface area (Å²) in [6, 6.07) is 4.91. The highest BCUT2D eigenvalue weighted by atomic mass is 16.6. The summed E-state index contributed by atoms with van der Waals surface area (Å²) in [6.45, 7) is 0.416. The number of non-ortho nitro benzene ring substituents is 1. The molecular formula is C14H19N3O4. The summed E-state index contributed by atoms with van der Waals surface area (Å²) in [6.07, 6.45) is 2.26. The smallest absolute Gasteiger partial charge is 0.270 e. The molecule has 0 unspecified atom stereocenters. The second-order valence-corrected chi connectivity index (χ2v) is 5.28. The number of rotatable bonds is 7. The molecule has 0 radical (unpaired) electrons. The first-order chi connectivity index (χ1) is 9.97. The fourth-order valence-electron chi connectivity index (χ4n) is 1.77. The van der Waals surface area contributed by atoms with Gasteiger partial charge in [-0.05, 0) is 18.9 Å². The van der Waals surface area contributed by atoms with Crippen molar-refractivity contribution in [3.8, 4) is 5.75 Å². The molecule has 1 fully saturated rings. The molecule has 0 bridgehead atoms. The van der Waals surface area contributed by atoms with E-state index < -0.39 is 4.92 Å². The van der Waals surface area contributed by atoms with Crippen LogP contribution in [0.1, 0.15) is 18.4 Å². The Labute approximate surface area is 123 Å². The van der Waals surface area contributed by atoms with Crippen LogP contribution in [0.2, 0.25) is 0 Å². The first-order valence-electron chi connectivity index (χ1n) is 6.81. The van der Waals surface area contributed by atoms with Crippen LogP contribution in [0.3, 0.4) is 0 Å². The maximum Gasteiger partial charge on any atom is 0.270 e. The van der Waals surface area contributed by atoms with Crippen LogP contribution in [0.4, 0.5) is 5.69 Å². The molecular weight excluding hydrogens is 274 g/mol. The normalized spacial score (nSPS) is 13.8. The quantitative estimate of drug-likeness (QED) is 0.605. The second-order valence-electron chi connectivity index (χ2n) is 5.28. The summed E-state index contributed by atoms with van der Waals surface area (Å²) in [4.78, 5) is 23.4. The lowest BCUT2D eigenvalue weighted by atomic mass is 10.1. The highest BCUT2D eigenvalue weighted by Gasteiger charge is 2.21. The minimum absolute atomic E-state index is 0.0221. The number of amides is 1. The molecule has 7 heteroatoms. The van der Waals surface area contributed by atoms with Gasteiger partial charge in [0, 0.05) is 44.4 Å². The van der Waals surface area contributed by atoms with E-state index in [1.54, 1.807) is 20.2 Å². The van der Waals surface area contributed by atoms with E-state index in [1.165, 1.54) is 17.0 Å². The van der Waals surface area contributed by atoms with Gasteiger partial charge in [-0.2, -0.15) is 0 Å². The summed E-state index contributed by atoms with van der Waals surface area (Å²) in [5.74, 6) is 0.346. The number of nitrogens with one attached hydrogen (secondary N) is 1. The fourth-order valence-corrected chi connectivity index (χ4v) is 1.77. The lowest BCUT2D eigenvalue weighted by Crippen LogP contribution is -2.28. The maximum atomic E-state index is 11.6. The molecule has 1 N–H and O–H groups in total. The van der Waals surface area contributed by atoms with E-state index in [0.717, 1.165) is 12.8 Å². The van der Waals surface area contributed by atoms with Crippen LogP contribution in [-0.2, 0) is 11.3 Å². The lowest BCUT2D eigenvalue weighted by molar-refractivity contribution is -0.384. The van der Waals surface area contributed by atoms with E-state index in [1.807, 2.05) is 0 Å². The van der Waals surface area contributed by atoms with E-state index in [2.05, 4.69) is 5.32 Å². The molecule has 0 aromatic heterocycles. The fraction of sp³-hybridized carbons (Fsp3) is 0.500. The number of hydrogen-bond acceptors (Lipinski definition) is 5. The summed E-state index contributed by atoms with van der Waals surface area (Å²) in [5.41, 5.74) is 0.719. The van der Waals surface area contributed by atoms with Crippen molar-refractivity contribution < 1.29 is 14.5 Å². The molecule has 0 heterocycles. The number of ether oxygens (including phenoxy) is 1. The molecule has 1 aliphatic carbocycles. The van der Waals surface area contributed by atoms with Crippen molar-refractivity contribution in [3.05, 3.63) is 33.9 Å². The van der Waals surface area contributed by atoms with Crippen molar-refractivity contribution in [2.24, 2.45) is 0 Å². The highest BCUT2D eigenvalue weighted by molar-refractivity contribution is 5.77. The Morgan fingerprint density at radius 2 is 2.19 bits per heavy atom. The van der Waals surface area contributed by atoms with Crippen molar-refractivity contribution in [2.45, 2.75) is 25.4 Å². The predicted molar refractivity (Wildman–Crippen MR) is 77.1 cm³/mol. The van der Waals surface area contributed by atoms with Crippen LogP contribution in [0.25, 0.3) is 0 Å². The molecule has 21 heavy (non-hydrogen) atoms. The van der Waals surface area contributed by atoms with Crippen LogP contribution < -0.4 is 10.1 Å². The highest BCUT2D eigenvalue weighted by Crippen LogP contribution is 2.26. The number of hydrogen-bond donors (Lipinski definition) is 1. The van der Waals surface area contributed by atoms with Crippen LogP contribution in [-0.4, -0.2) is 42.5 Å². The second kappa shape index (κ2) is 6.53. The van der Waals surface area contributed by atoms with E-state index >= 15 is 0 Å². The molecule has 1 saturated carbocycles. The molecule has 114 valence electrons. The molecule has 0 saturated heterocycles. The first-order valence-corrected chi connectivity index (χ1v) is 6.81. The van der Waals surface area contributed by atoms with Crippen molar-refractivity contribution in [3.63, 3.8) is 0 Å². The number of nitro benzene ring substituents is 1. The number of nitro groups is 1. The van der Waals surface area contributed by atoms with Crippen molar-refractivity contribution in [1.29, 1.82) is 0 Å². The Morgan fingerprint density at radius 3 is 2.76 bits per heavy atom. The number of nitrogens with zero attached hydrogens (tertiary/aromatic N) is 2. The molecule has 7 nitrogen and oxygen atoms in total. The average Bonchev–Trinajstić information content (AvgIpc) is 3.26. The Kier molecular flexibility index (Phi) is 4.74. The third kappa shape index (κ3) is 4.42. The van der Waals surface area contributed by atoms with E-state index in [0.29, 0.717) is 23.9 Å². The topological polar surface area (TPSA) is 84.7 Å². The molecule has 0 spiro atoms. The van der Waals surface area contributed by atoms with Crippen molar-refractivity contribution in [2.75, 3.05) is 20.7 Å². The third-order valence-electron chi connectivity index (χ3n) is 3.26. The number of carbonyl (C=O) groups excluding carboxylic acids is 1. The molecule has 0 aliphatic heterocycles. The van der Waals surface area contributed by atoms with Gasteiger partial charge in [-0.15, -0.1) is 0 Å². The molecule has 2 rings (SSSR count). The van der Waals surface area contributed by atoms with Gasteiger partial charge in [0.25, 0.3) is 11.6 Å². The van der Waals surface area contributed by atoms with Gasteiger partial charge < -0.3 is 15.0 Å². The zero-order valence-corrected chi connectivity index (χ0v) is 12.2. The summed E-state index contributed by atoms with van der Waals surface area (Å²) in [7, 11) is 3.30. The van der Waals surface area contributed by atoms with Crippen LogP contribution in [0.5, 0.6) is 5.75 Å². The average molecular weight is 293 g/mol. The van der Waals surface area contributed by atoms with E-state index in [4.69, 9.17) is 4.74 Å². The molecule has 0 atom stereocenters. The van der Waals surface area contributed by atoms with Crippen LogP contribution in [0, 0.1) is 10.1 Å². The summed E-state index contributed by atoms with van der Waals surface area (Å²) in [5, 5.41) is 14.1. The molecule has 1 aromatic carbocycles. The van der Waals surface area contributed by atoms with Gasteiger partial charge in [0.05, 0.1) is 4.92 Å². The lowest BCUT2D eigenvalue weighted by Gasteiger charge is -2.14. The van der Waals surface area contributed by atoms with Gasteiger partial charge in [0.15, 0.2) is 6.61 Å². The maximum absolute atomic E-state index is 11.6. The Hall–Kier alpha value is -2.15. The number of carbonyl (C=O) groups is 1. The van der Waals surface area contributed by atoms with Crippen LogP contribution in [0.15, 0.2) is 18.2 Å². The van der Waals surface area contributed by atoms with Gasteiger partial charge in [0.2, 0.25) is 0 Å². The zero-order chi connectivity index (χ0) is 15.4. The van der Waals surface area contributed by atoms with Gasteiger partial charge in [0.1, 0.15) is 5.75 Å². The Bertz CT molecular complexity index is 541. The monoisotopic (exact) mass is 293 g/mol. The SMILES string of the molecule is CN(C)C(=O)COc1ccc([N+](=O)[O-])cc1CNC1CC1. The van der Waals surface area contributed by atoms with Gasteiger partial charge in [-0.25, -0.2) is 0 Å². The Balaban J connectivity index is 2.09. The number of likely N-dealkylation sites (N-methyl/N-ethyl adjacent to an activating group) is 1. The standard InChI is InChI=1S/C14H19N3O4/c1-16(2)14(18)9-21-13-6-5-12(17(19)20)7-10(13)8-15-11-3-4-11/h5-7,11,15H,3-4,8-9H2,1-2H3. The molecule has 1 amide bonds. The Morgan fingerprint density at radius 1 is 1.48 bits per heavy atom. The van der Waals surface area contributed by atoms with Crippen LogP contribution >= 0.6 is 0 Å². The molecule has 1 aliphatic rings. The minimum atomic E-state index is -0.435. The number of benzene rings is 1. The van der Waals surface area contributed by atoms with Crippen molar-refractivity contribution >= 4 is 11.6 Å². The van der Waals surface area contributed by atoms with Crippen molar-refractivity contribution in [1.82, 2.24) is 10.2 Å². The summed E-state index contributed by atoms with van der Waals surface area (Å²) >= 11 is 0. The van der Waals surface area contributed by atoms with E-state index in [9.17, 15) is 14.9 Å². The van der Waals surface area contributed by atoms with Gasteiger partial charge in [-0.3, -0.25) is 14.9 Å². The predicted octanol–water partition coefficient (Wildman–Crippen LogP) is 1.31. The van der Waals surface area contributed by atoms with Gasteiger partial charge >= 0.3 is 0 Å². The first kappa shape index (κ1) is 15.2.